The lowest BCUT2D eigenvalue weighted by molar-refractivity contribution is -0.134. The third-order valence-corrected chi connectivity index (χ3v) is 1.80. The van der Waals surface area contributed by atoms with Crippen molar-refractivity contribution in [3.63, 3.8) is 0 Å². The predicted molar refractivity (Wildman–Crippen MR) is 54.0 cm³/mol. The van der Waals surface area contributed by atoms with E-state index in [0.717, 1.165) is 0 Å². The molecule has 0 fully saturated rings. The van der Waals surface area contributed by atoms with Gasteiger partial charge in [-0.3, -0.25) is 0 Å². The van der Waals surface area contributed by atoms with Gasteiger partial charge in [0, 0.05) is 11.6 Å². The second kappa shape index (κ2) is 5.14. The zero-order valence-electron chi connectivity index (χ0n) is 8.49. The first-order valence-electron chi connectivity index (χ1n) is 4.27. The lowest BCUT2D eigenvalue weighted by Crippen LogP contribution is -1.95. The highest BCUT2D eigenvalue weighted by Gasteiger charge is 2.05. The van der Waals surface area contributed by atoms with E-state index in [4.69, 9.17) is 4.74 Å². The summed E-state index contributed by atoms with van der Waals surface area (Å²) >= 11 is 0. The van der Waals surface area contributed by atoms with Crippen molar-refractivity contribution in [1.82, 2.24) is 0 Å². The number of hydrogen-bond donors (Lipinski definition) is 0. The van der Waals surface area contributed by atoms with Gasteiger partial charge in [0.15, 0.2) is 11.6 Å². The van der Waals surface area contributed by atoms with Crippen LogP contribution in [0.4, 0.5) is 4.39 Å². The summed E-state index contributed by atoms with van der Waals surface area (Å²) in [6.07, 6.45) is 2.64. The fourth-order valence-corrected chi connectivity index (χ4v) is 1.10. The minimum Gasteiger partial charge on any atom is -0.493 e. The summed E-state index contributed by atoms with van der Waals surface area (Å²) in [5.41, 5.74) is 0.489. The molecule has 0 aliphatic carbocycles. The number of benzene rings is 1. The summed E-state index contributed by atoms with van der Waals surface area (Å²) in [6.45, 7) is 0. The zero-order chi connectivity index (χ0) is 11.3. The Bertz CT molecular complexity index is 385. The Hall–Kier alpha value is -1.84. The zero-order valence-corrected chi connectivity index (χ0v) is 8.49. The van der Waals surface area contributed by atoms with Crippen molar-refractivity contribution in [2.24, 2.45) is 0 Å². The fourth-order valence-electron chi connectivity index (χ4n) is 1.10. The van der Waals surface area contributed by atoms with Crippen LogP contribution < -0.4 is 4.74 Å². The van der Waals surface area contributed by atoms with Gasteiger partial charge in [-0.05, 0) is 12.1 Å². The molecule has 0 aliphatic rings. The lowest BCUT2D eigenvalue weighted by atomic mass is 10.2. The van der Waals surface area contributed by atoms with E-state index in [1.807, 2.05) is 0 Å². The molecular formula is C11H11FO3. The van der Waals surface area contributed by atoms with Gasteiger partial charge >= 0.3 is 5.97 Å². The van der Waals surface area contributed by atoms with E-state index in [0.29, 0.717) is 5.56 Å². The minimum absolute atomic E-state index is 0.109. The number of para-hydroxylation sites is 1. The smallest absolute Gasteiger partial charge is 0.330 e. The molecule has 3 nitrogen and oxygen atoms in total. The molecule has 0 aromatic heterocycles. The molecular weight excluding hydrogens is 199 g/mol. The van der Waals surface area contributed by atoms with Gasteiger partial charge in [-0.25, -0.2) is 9.18 Å². The van der Waals surface area contributed by atoms with Gasteiger partial charge in [0.25, 0.3) is 0 Å². The maximum absolute atomic E-state index is 13.2. The quantitative estimate of drug-likeness (QED) is 0.565. The Labute approximate surface area is 87.1 Å². The van der Waals surface area contributed by atoms with E-state index in [9.17, 15) is 9.18 Å². The van der Waals surface area contributed by atoms with Crippen molar-refractivity contribution in [3.05, 3.63) is 35.7 Å². The van der Waals surface area contributed by atoms with Gasteiger partial charge in [0.2, 0.25) is 0 Å². The highest BCUT2D eigenvalue weighted by molar-refractivity contribution is 5.87. The van der Waals surface area contributed by atoms with Crippen molar-refractivity contribution < 1.29 is 18.7 Å². The third kappa shape index (κ3) is 2.80. The highest BCUT2D eigenvalue weighted by Crippen LogP contribution is 2.23. The Morgan fingerprint density at radius 1 is 1.40 bits per heavy atom. The second-order valence-electron chi connectivity index (χ2n) is 2.72. The van der Waals surface area contributed by atoms with Crippen LogP contribution in [0.3, 0.4) is 0 Å². The first-order valence-corrected chi connectivity index (χ1v) is 4.27. The van der Waals surface area contributed by atoms with Crippen LogP contribution in [0.5, 0.6) is 5.75 Å². The molecule has 0 aliphatic heterocycles. The first kappa shape index (κ1) is 11.2. The number of ether oxygens (including phenoxy) is 2. The molecule has 0 spiro atoms. The van der Waals surface area contributed by atoms with Crippen LogP contribution in [0.2, 0.25) is 0 Å². The first-order chi connectivity index (χ1) is 7.19. The molecule has 0 atom stereocenters. The van der Waals surface area contributed by atoms with E-state index in [-0.39, 0.29) is 5.75 Å². The summed E-state index contributed by atoms with van der Waals surface area (Å²) in [5.74, 6) is -0.858. The van der Waals surface area contributed by atoms with Crippen molar-refractivity contribution in [3.8, 4) is 5.75 Å². The second-order valence-corrected chi connectivity index (χ2v) is 2.72. The Morgan fingerprint density at radius 2 is 2.13 bits per heavy atom. The topological polar surface area (TPSA) is 35.5 Å². The van der Waals surface area contributed by atoms with Crippen LogP contribution >= 0.6 is 0 Å². The van der Waals surface area contributed by atoms with Crippen LogP contribution in [0, 0.1) is 5.82 Å². The molecule has 1 aromatic rings. The lowest BCUT2D eigenvalue weighted by Gasteiger charge is -2.04. The number of halogens is 1. The van der Waals surface area contributed by atoms with Gasteiger partial charge in [-0.2, -0.15) is 0 Å². The Morgan fingerprint density at radius 3 is 2.73 bits per heavy atom. The molecule has 0 amide bonds. The third-order valence-electron chi connectivity index (χ3n) is 1.80. The van der Waals surface area contributed by atoms with E-state index in [1.165, 1.54) is 38.5 Å². The van der Waals surface area contributed by atoms with Crippen LogP contribution in [-0.4, -0.2) is 20.2 Å². The van der Waals surface area contributed by atoms with E-state index in [2.05, 4.69) is 4.74 Å². The van der Waals surface area contributed by atoms with Crippen LogP contribution in [0.25, 0.3) is 6.08 Å². The molecule has 0 N–H and O–H groups in total. The van der Waals surface area contributed by atoms with Gasteiger partial charge in [-0.1, -0.05) is 12.1 Å². The normalized spacial score (nSPS) is 10.3. The SMILES string of the molecule is COC(=O)C=Cc1cccc(F)c1OC. The fraction of sp³-hybridized carbons (Fsp3) is 0.182. The molecule has 80 valence electrons. The summed E-state index contributed by atoms with van der Waals surface area (Å²) in [5, 5.41) is 0. The average Bonchev–Trinajstić information content (AvgIpc) is 2.25. The van der Waals surface area contributed by atoms with Gasteiger partial charge < -0.3 is 9.47 Å². The number of rotatable bonds is 3. The molecule has 0 saturated carbocycles. The number of carbonyl (C=O) groups excluding carboxylic acids is 1. The van der Waals surface area contributed by atoms with Gasteiger partial charge in [0.05, 0.1) is 14.2 Å². The molecule has 0 unspecified atom stereocenters. The molecule has 0 radical (unpaired) electrons. The number of carbonyl (C=O) groups is 1. The molecule has 1 rings (SSSR count). The summed E-state index contributed by atoms with van der Waals surface area (Å²) < 4.78 is 22.5. The Kier molecular flexibility index (Phi) is 3.85. The number of methoxy groups -OCH3 is 2. The summed E-state index contributed by atoms with van der Waals surface area (Å²) in [4.78, 5) is 10.8. The van der Waals surface area contributed by atoms with Crippen LogP contribution in [0.15, 0.2) is 24.3 Å². The van der Waals surface area contributed by atoms with E-state index >= 15 is 0 Å². The monoisotopic (exact) mass is 210 g/mol. The maximum Gasteiger partial charge on any atom is 0.330 e. The van der Waals surface area contributed by atoms with Crippen molar-refractivity contribution in [2.45, 2.75) is 0 Å². The largest absolute Gasteiger partial charge is 0.493 e. The highest BCUT2D eigenvalue weighted by atomic mass is 19.1. The van der Waals surface area contributed by atoms with Crippen LogP contribution in [-0.2, 0) is 9.53 Å². The average molecular weight is 210 g/mol. The summed E-state index contributed by atoms with van der Waals surface area (Å²) in [7, 11) is 2.64. The van der Waals surface area contributed by atoms with Crippen molar-refractivity contribution in [1.29, 1.82) is 0 Å². The summed E-state index contributed by atoms with van der Waals surface area (Å²) in [6, 6.07) is 4.46. The van der Waals surface area contributed by atoms with Crippen molar-refractivity contribution in [2.75, 3.05) is 14.2 Å². The molecule has 0 heterocycles. The van der Waals surface area contributed by atoms with Crippen molar-refractivity contribution >= 4 is 12.0 Å². The van der Waals surface area contributed by atoms with Gasteiger partial charge in [-0.15, -0.1) is 0 Å². The van der Waals surface area contributed by atoms with Gasteiger partial charge in [0.1, 0.15) is 0 Å². The maximum atomic E-state index is 13.2. The van der Waals surface area contributed by atoms with E-state index in [1.54, 1.807) is 6.07 Å². The predicted octanol–water partition coefficient (Wildman–Crippen LogP) is 2.02. The molecule has 0 saturated heterocycles. The number of hydrogen-bond acceptors (Lipinski definition) is 3. The minimum atomic E-state index is -0.499. The molecule has 15 heavy (non-hydrogen) atoms. The van der Waals surface area contributed by atoms with Crippen LogP contribution in [0.1, 0.15) is 5.56 Å². The molecule has 1 aromatic carbocycles. The number of esters is 1. The molecule has 0 bridgehead atoms. The van der Waals surface area contributed by atoms with E-state index < -0.39 is 11.8 Å². The standard InChI is InChI=1S/C11H11FO3/c1-14-10(13)7-6-8-4-3-5-9(12)11(8)15-2/h3-7H,1-2H3. The Balaban J connectivity index is 2.99. The molecule has 4 heteroatoms.